The Morgan fingerprint density at radius 2 is 2.21 bits per heavy atom. The third-order valence-electron chi connectivity index (χ3n) is 2.20. The first kappa shape index (κ1) is 15.2. The lowest BCUT2D eigenvalue weighted by atomic mass is 10.3. The zero-order valence-corrected chi connectivity index (χ0v) is 11.8. The molecule has 1 amide bonds. The number of hydrogen-bond acceptors (Lipinski definition) is 5. The Bertz CT molecular complexity index is 396. The average molecular weight is 266 g/mol. The Morgan fingerprint density at radius 3 is 2.89 bits per heavy atom. The molecule has 6 nitrogen and oxygen atoms in total. The molecule has 0 atom stereocenters. The summed E-state index contributed by atoms with van der Waals surface area (Å²) < 4.78 is 5.41. The number of aromatic nitrogens is 2. The minimum Gasteiger partial charge on any atom is -0.478 e. The molecule has 0 aliphatic rings. The highest BCUT2D eigenvalue weighted by Crippen LogP contribution is 2.10. The first-order valence-corrected chi connectivity index (χ1v) is 6.60. The van der Waals surface area contributed by atoms with Crippen LogP contribution in [0.25, 0.3) is 0 Å². The van der Waals surface area contributed by atoms with E-state index in [-0.39, 0.29) is 11.9 Å². The van der Waals surface area contributed by atoms with Crippen LogP contribution in [0.1, 0.15) is 33.6 Å². The maximum Gasteiger partial charge on any atom is 0.221 e. The van der Waals surface area contributed by atoms with Gasteiger partial charge in [0.25, 0.3) is 0 Å². The van der Waals surface area contributed by atoms with Crippen LogP contribution >= 0.6 is 0 Å². The number of carbonyl (C=O) groups excluding carboxylic acids is 1. The number of nitrogens with zero attached hydrogens (tertiary/aromatic N) is 2. The first-order valence-electron chi connectivity index (χ1n) is 6.60. The van der Waals surface area contributed by atoms with Gasteiger partial charge in [0.15, 0.2) is 0 Å². The number of nitrogens with one attached hydrogen (secondary N) is 2. The maximum atomic E-state index is 11.4. The van der Waals surface area contributed by atoms with Crippen molar-refractivity contribution in [2.45, 2.75) is 39.7 Å². The van der Waals surface area contributed by atoms with Gasteiger partial charge in [-0.2, -0.15) is 0 Å². The van der Waals surface area contributed by atoms with E-state index in [4.69, 9.17) is 4.74 Å². The minimum absolute atomic E-state index is 0.0269. The fraction of sp³-hybridized carbons (Fsp3) is 0.615. The molecule has 0 saturated carbocycles. The third kappa shape index (κ3) is 6.59. The van der Waals surface area contributed by atoms with Crippen molar-refractivity contribution in [1.82, 2.24) is 15.3 Å². The van der Waals surface area contributed by atoms with Gasteiger partial charge in [0.05, 0.1) is 6.61 Å². The molecule has 0 bridgehead atoms. The van der Waals surface area contributed by atoms with Gasteiger partial charge in [0, 0.05) is 25.1 Å². The number of rotatable bonds is 8. The molecule has 0 unspecified atom stereocenters. The predicted octanol–water partition coefficient (Wildman–Crippen LogP) is 1.59. The van der Waals surface area contributed by atoms with Gasteiger partial charge >= 0.3 is 0 Å². The van der Waals surface area contributed by atoms with E-state index in [1.807, 2.05) is 20.8 Å². The lowest BCUT2D eigenvalue weighted by Gasteiger charge is -2.09. The van der Waals surface area contributed by atoms with Crippen LogP contribution in [0.2, 0.25) is 0 Å². The van der Waals surface area contributed by atoms with Crippen molar-refractivity contribution < 1.29 is 9.53 Å². The van der Waals surface area contributed by atoms with Crippen molar-refractivity contribution in [2.24, 2.45) is 0 Å². The van der Waals surface area contributed by atoms with E-state index in [0.717, 1.165) is 6.42 Å². The Kier molecular flexibility index (Phi) is 6.63. The van der Waals surface area contributed by atoms with Crippen LogP contribution < -0.4 is 15.4 Å². The number of ether oxygens (including phenoxy) is 1. The molecule has 2 N–H and O–H groups in total. The minimum atomic E-state index is 0.0269. The summed E-state index contributed by atoms with van der Waals surface area (Å²) in [5.41, 5.74) is 0. The van der Waals surface area contributed by atoms with Gasteiger partial charge in [-0.3, -0.25) is 4.79 Å². The van der Waals surface area contributed by atoms with Crippen LogP contribution in [0.5, 0.6) is 5.88 Å². The number of amides is 1. The Labute approximate surface area is 114 Å². The van der Waals surface area contributed by atoms with Gasteiger partial charge in [0.2, 0.25) is 11.8 Å². The fourth-order valence-electron chi connectivity index (χ4n) is 1.42. The highest BCUT2D eigenvalue weighted by atomic mass is 16.5. The molecule has 1 rings (SSSR count). The van der Waals surface area contributed by atoms with E-state index in [1.54, 1.807) is 6.07 Å². The normalized spacial score (nSPS) is 10.3. The summed E-state index contributed by atoms with van der Waals surface area (Å²) in [5.74, 6) is 1.24. The summed E-state index contributed by atoms with van der Waals surface area (Å²) in [6, 6.07) is 1.90. The summed E-state index contributed by atoms with van der Waals surface area (Å²) in [5, 5.41) is 5.91. The summed E-state index contributed by atoms with van der Waals surface area (Å²) in [6.07, 6.45) is 2.79. The molecule has 0 aromatic carbocycles. The van der Waals surface area contributed by atoms with Crippen molar-refractivity contribution >= 4 is 11.7 Å². The topological polar surface area (TPSA) is 76.1 Å². The zero-order chi connectivity index (χ0) is 14.1. The van der Waals surface area contributed by atoms with E-state index in [0.29, 0.717) is 31.3 Å². The molecule has 19 heavy (non-hydrogen) atoms. The highest BCUT2D eigenvalue weighted by molar-refractivity contribution is 5.76. The molecule has 0 aliphatic heterocycles. The molecule has 1 aromatic rings. The fourth-order valence-corrected chi connectivity index (χ4v) is 1.42. The zero-order valence-electron chi connectivity index (χ0n) is 11.8. The van der Waals surface area contributed by atoms with Crippen LogP contribution in [0.3, 0.4) is 0 Å². The molecule has 0 spiro atoms. The second-order valence-corrected chi connectivity index (χ2v) is 4.49. The lowest BCUT2D eigenvalue weighted by molar-refractivity contribution is -0.121. The van der Waals surface area contributed by atoms with Crippen molar-refractivity contribution in [3.63, 3.8) is 0 Å². The summed E-state index contributed by atoms with van der Waals surface area (Å²) in [7, 11) is 0. The van der Waals surface area contributed by atoms with Gasteiger partial charge < -0.3 is 15.4 Å². The van der Waals surface area contributed by atoms with Crippen LogP contribution in [0.4, 0.5) is 5.82 Å². The lowest BCUT2D eigenvalue weighted by Crippen LogP contribution is -2.31. The van der Waals surface area contributed by atoms with Crippen molar-refractivity contribution in [1.29, 1.82) is 0 Å². The number of hydrogen-bond donors (Lipinski definition) is 2. The SMILES string of the molecule is CCCOc1cc(NCCC(=O)NC(C)C)ncn1. The van der Waals surface area contributed by atoms with E-state index in [1.165, 1.54) is 6.33 Å². The molecule has 1 heterocycles. The Hall–Kier alpha value is -1.85. The van der Waals surface area contributed by atoms with Crippen LogP contribution in [-0.4, -0.2) is 35.1 Å². The maximum absolute atomic E-state index is 11.4. The molecular weight excluding hydrogens is 244 g/mol. The third-order valence-corrected chi connectivity index (χ3v) is 2.20. The predicted molar refractivity (Wildman–Crippen MR) is 74.2 cm³/mol. The van der Waals surface area contributed by atoms with E-state index in [2.05, 4.69) is 20.6 Å². The highest BCUT2D eigenvalue weighted by Gasteiger charge is 2.03. The molecule has 106 valence electrons. The van der Waals surface area contributed by atoms with Gasteiger partial charge in [-0.25, -0.2) is 9.97 Å². The second kappa shape index (κ2) is 8.29. The van der Waals surface area contributed by atoms with Gasteiger partial charge in [-0.05, 0) is 20.3 Å². The van der Waals surface area contributed by atoms with E-state index >= 15 is 0 Å². The molecule has 1 aromatic heterocycles. The molecule has 6 heteroatoms. The van der Waals surface area contributed by atoms with Gasteiger partial charge in [-0.15, -0.1) is 0 Å². The largest absolute Gasteiger partial charge is 0.478 e. The number of anilines is 1. The monoisotopic (exact) mass is 266 g/mol. The standard InChI is InChI=1S/C13H22N4O2/c1-4-7-19-13-8-11(15-9-16-13)14-6-5-12(18)17-10(2)3/h8-10H,4-7H2,1-3H3,(H,17,18)(H,14,15,16). The number of carbonyl (C=O) groups is 1. The quantitative estimate of drug-likeness (QED) is 0.747. The summed E-state index contributed by atoms with van der Waals surface area (Å²) in [4.78, 5) is 19.5. The van der Waals surface area contributed by atoms with Gasteiger partial charge in [0.1, 0.15) is 12.1 Å². The second-order valence-electron chi connectivity index (χ2n) is 4.49. The van der Waals surface area contributed by atoms with Gasteiger partial charge in [-0.1, -0.05) is 6.92 Å². The van der Waals surface area contributed by atoms with E-state index in [9.17, 15) is 4.79 Å². The van der Waals surface area contributed by atoms with E-state index < -0.39 is 0 Å². The molecular formula is C13H22N4O2. The Balaban J connectivity index is 2.34. The molecule has 0 saturated heterocycles. The summed E-state index contributed by atoms with van der Waals surface area (Å²) in [6.45, 7) is 7.07. The van der Waals surface area contributed by atoms with Crippen molar-refractivity contribution in [3.8, 4) is 5.88 Å². The van der Waals surface area contributed by atoms with Crippen LogP contribution in [-0.2, 0) is 4.79 Å². The van der Waals surface area contributed by atoms with Crippen LogP contribution in [0.15, 0.2) is 12.4 Å². The van der Waals surface area contributed by atoms with Crippen molar-refractivity contribution in [3.05, 3.63) is 12.4 Å². The van der Waals surface area contributed by atoms with Crippen LogP contribution in [0, 0.1) is 0 Å². The van der Waals surface area contributed by atoms with Crippen molar-refractivity contribution in [2.75, 3.05) is 18.5 Å². The molecule has 0 fully saturated rings. The average Bonchev–Trinajstić information content (AvgIpc) is 2.36. The molecule has 0 radical (unpaired) electrons. The smallest absolute Gasteiger partial charge is 0.221 e. The molecule has 0 aliphatic carbocycles. The summed E-state index contributed by atoms with van der Waals surface area (Å²) >= 11 is 0. The Morgan fingerprint density at radius 1 is 1.42 bits per heavy atom. The first-order chi connectivity index (χ1) is 9.11.